The highest BCUT2D eigenvalue weighted by molar-refractivity contribution is 6.02. The van der Waals surface area contributed by atoms with Crippen LogP contribution < -0.4 is 10.6 Å². The molecule has 3 N–H and O–H groups in total. The molecule has 1 aliphatic heterocycles. The summed E-state index contributed by atoms with van der Waals surface area (Å²) in [6, 6.07) is -0.0115. The molecule has 8 unspecified atom stereocenters. The molecule has 49 heavy (non-hydrogen) atoms. The summed E-state index contributed by atoms with van der Waals surface area (Å²) in [6.07, 6.45) is 9.45. The Morgan fingerprint density at radius 2 is 1.63 bits per heavy atom. The van der Waals surface area contributed by atoms with E-state index in [4.69, 9.17) is 9.84 Å². The van der Waals surface area contributed by atoms with Gasteiger partial charge in [-0.2, -0.15) is 0 Å². The number of carbonyl (C=O) groups excluding carboxylic acids is 4. The highest BCUT2D eigenvalue weighted by Gasteiger charge is 2.67. The molecule has 4 saturated carbocycles. The van der Waals surface area contributed by atoms with Gasteiger partial charge in [0.2, 0.25) is 0 Å². The maximum absolute atomic E-state index is 13.8. The first kappa shape index (κ1) is 38.0. The lowest BCUT2D eigenvalue weighted by Crippen LogP contribution is -2.65. The molecule has 5 aliphatic carbocycles. The van der Waals surface area contributed by atoms with Gasteiger partial charge in [0, 0.05) is 50.5 Å². The predicted octanol–water partition coefficient (Wildman–Crippen LogP) is 6.08. The zero-order valence-corrected chi connectivity index (χ0v) is 31.9. The van der Waals surface area contributed by atoms with Gasteiger partial charge >= 0.3 is 12.0 Å². The van der Waals surface area contributed by atoms with Crippen LogP contribution in [-0.4, -0.2) is 79.0 Å². The van der Waals surface area contributed by atoms with Gasteiger partial charge in [-0.05, 0) is 103 Å². The van der Waals surface area contributed by atoms with Gasteiger partial charge in [0.05, 0.1) is 12.0 Å². The number of aldehydes is 1. The normalized spacial score (nSPS) is 38.3. The number of aliphatic hydroxyl groups is 1. The van der Waals surface area contributed by atoms with Crippen molar-refractivity contribution >= 4 is 24.1 Å². The molecule has 2 amide bonds. The van der Waals surface area contributed by atoms with Crippen molar-refractivity contribution in [3.63, 3.8) is 0 Å². The van der Waals surface area contributed by atoms with Crippen LogP contribution >= 0.6 is 0 Å². The van der Waals surface area contributed by atoms with Crippen molar-refractivity contribution in [2.24, 2.45) is 51.2 Å². The molecule has 5 fully saturated rings. The molecule has 9 heteroatoms. The van der Waals surface area contributed by atoms with E-state index in [1.165, 1.54) is 5.57 Å². The molecule has 1 heterocycles. The molecule has 9 nitrogen and oxygen atoms in total. The van der Waals surface area contributed by atoms with Crippen molar-refractivity contribution in [3.05, 3.63) is 11.1 Å². The van der Waals surface area contributed by atoms with Crippen LogP contribution in [0.2, 0.25) is 0 Å². The van der Waals surface area contributed by atoms with E-state index in [0.717, 1.165) is 83.4 Å². The van der Waals surface area contributed by atoms with Crippen molar-refractivity contribution in [2.75, 3.05) is 33.3 Å². The monoisotopic (exact) mass is 683 g/mol. The number of fused-ring (bicyclic) bond motifs is 7. The number of hydrogen-bond donors (Lipinski definition) is 3. The van der Waals surface area contributed by atoms with Crippen LogP contribution in [0.5, 0.6) is 0 Å². The van der Waals surface area contributed by atoms with Crippen LogP contribution in [-0.2, 0) is 19.1 Å². The fourth-order valence-electron chi connectivity index (χ4n) is 12.4. The van der Waals surface area contributed by atoms with E-state index in [0.29, 0.717) is 43.2 Å². The average Bonchev–Trinajstić information content (AvgIpc) is 3.35. The second kappa shape index (κ2) is 13.7. The quantitative estimate of drug-likeness (QED) is 0.229. The number of nitrogens with one attached hydrogen (secondary N) is 2. The van der Waals surface area contributed by atoms with Crippen LogP contribution in [0.1, 0.15) is 120 Å². The smallest absolute Gasteiger partial charge is 0.318 e. The third-order valence-corrected chi connectivity index (χ3v) is 14.5. The van der Waals surface area contributed by atoms with Crippen LogP contribution in [0.4, 0.5) is 4.79 Å². The number of hydrogen-bond acceptors (Lipinski definition) is 7. The van der Waals surface area contributed by atoms with Crippen molar-refractivity contribution in [2.45, 2.75) is 131 Å². The number of allylic oxidation sites excluding steroid dienone is 1. The number of esters is 1. The van der Waals surface area contributed by atoms with E-state index < -0.39 is 11.0 Å². The third-order valence-electron chi connectivity index (χ3n) is 14.5. The minimum atomic E-state index is -0.712. The third kappa shape index (κ3) is 6.42. The maximum Gasteiger partial charge on any atom is 0.318 e. The van der Waals surface area contributed by atoms with Gasteiger partial charge in [-0.25, -0.2) is 4.79 Å². The molecule has 0 aromatic heterocycles. The molecule has 6 aliphatic rings. The molecule has 0 aromatic carbocycles. The number of Topliss-reactive ketones (excluding diaryl/α,β-unsaturated/α-hetero) is 1. The molecule has 0 radical (unpaired) electrons. The molecule has 0 bridgehead atoms. The van der Waals surface area contributed by atoms with E-state index in [1.54, 1.807) is 13.8 Å². The van der Waals surface area contributed by atoms with E-state index in [-0.39, 0.29) is 52.5 Å². The van der Waals surface area contributed by atoms with E-state index in [2.05, 4.69) is 52.2 Å². The number of rotatable bonds is 6. The Morgan fingerprint density at radius 1 is 0.980 bits per heavy atom. The summed E-state index contributed by atoms with van der Waals surface area (Å²) in [5.74, 6) is 1.93. The summed E-state index contributed by atoms with van der Waals surface area (Å²) >= 11 is 0. The molecule has 6 rings (SSSR count). The number of carbonyl (C=O) groups is 4. The van der Waals surface area contributed by atoms with Gasteiger partial charge in [0.15, 0.2) is 5.78 Å². The second-order valence-corrected chi connectivity index (χ2v) is 18.4. The van der Waals surface area contributed by atoms with Crippen LogP contribution in [0.25, 0.3) is 0 Å². The number of amides is 2. The SMILES string of the molecule is CC(C)C1=C2C3CCC4C(C)(CCC5C(C)(C)C(OC(=O)CC(C)(C)C=O)CCC54C)C3CCC2(NC(=O)N2CCNCC2)CC1=O.CO. The van der Waals surface area contributed by atoms with Crippen LogP contribution in [0.15, 0.2) is 11.1 Å². The van der Waals surface area contributed by atoms with Gasteiger partial charge in [-0.3, -0.25) is 9.59 Å². The number of aliphatic hydroxyl groups excluding tert-OH is 1. The van der Waals surface area contributed by atoms with Gasteiger partial charge in [0.1, 0.15) is 12.4 Å². The molecular weight excluding hydrogens is 618 g/mol. The maximum atomic E-state index is 13.8. The number of ketones is 1. The summed E-state index contributed by atoms with van der Waals surface area (Å²) in [4.78, 5) is 53.9. The minimum Gasteiger partial charge on any atom is -0.462 e. The zero-order chi connectivity index (χ0) is 36.2. The first-order chi connectivity index (χ1) is 23.0. The Kier molecular flexibility index (Phi) is 10.6. The Labute approximate surface area is 295 Å². The summed E-state index contributed by atoms with van der Waals surface area (Å²) in [6.45, 7) is 20.6. The summed E-state index contributed by atoms with van der Waals surface area (Å²) in [5.41, 5.74) is 1.16. The van der Waals surface area contributed by atoms with E-state index >= 15 is 0 Å². The molecule has 8 atom stereocenters. The first-order valence-electron chi connectivity index (χ1n) is 19.2. The number of ether oxygens (including phenoxy) is 1. The molecule has 0 spiro atoms. The fourth-order valence-corrected chi connectivity index (χ4v) is 12.4. The number of piperazine rings is 1. The topological polar surface area (TPSA) is 125 Å². The average molecular weight is 684 g/mol. The minimum absolute atomic E-state index is 0.0115. The number of nitrogens with zero attached hydrogens (tertiary/aromatic N) is 1. The van der Waals surface area contributed by atoms with Crippen molar-refractivity contribution in [1.29, 1.82) is 0 Å². The predicted molar refractivity (Wildman–Crippen MR) is 191 cm³/mol. The van der Waals surface area contributed by atoms with Gasteiger partial charge < -0.3 is 30.2 Å². The number of urea groups is 1. The van der Waals surface area contributed by atoms with Crippen molar-refractivity contribution in [1.82, 2.24) is 15.5 Å². The van der Waals surface area contributed by atoms with Crippen LogP contribution in [0, 0.1) is 51.2 Å². The molecule has 1 saturated heterocycles. The summed E-state index contributed by atoms with van der Waals surface area (Å²) < 4.78 is 6.19. The Morgan fingerprint density at radius 3 is 2.27 bits per heavy atom. The Balaban J connectivity index is 0.00000230. The zero-order valence-electron chi connectivity index (χ0n) is 31.9. The summed E-state index contributed by atoms with van der Waals surface area (Å²) in [7, 11) is 1.00. The largest absolute Gasteiger partial charge is 0.462 e. The molecule has 276 valence electrons. The lowest BCUT2D eigenvalue weighted by atomic mass is 9.37. The van der Waals surface area contributed by atoms with Gasteiger partial charge in [-0.1, -0.05) is 55.4 Å². The summed E-state index contributed by atoms with van der Waals surface area (Å²) in [5, 5.41) is 13.9. The highest BCUT2D eigenvalue weighted by Crippen LogP contribution is 2.72. The fraction of sp³-hybridized carbons (Fsp3) is 0.850. The standard InChI is InChI=1S/C39H61N3O5.CH4O/c1-24(2)32-27(44)21-39(41-34(46)42-19-17-40-18-20-42)16-11-26-25(33(32)39)9-10-29-37(26,7)14-12-28-36(5,6)30(13-15-38(28,29)8)47-31(45)22-35(3,4)23-43;1-2/h23-26,28-30,40H,9-22H2,1-8H3,(H,41,46);2H,1H3. The van der Waals surface area contributed by atoms with Crippen LogP contribution in [0.3, 0.4) is 0 Å². The van der Waals surface area contributed by atoms with E-state index in [9.17, 15) is 19.2 Å². The lowest BCUT2D eigenvalue weighted by Gasteiger charge is -2.68. The highest BCUT2D eigenvalue weighted by atomic mass is 16.5. The van der Waals surface area contributed by atoms with Gasteiger partial charge in [-0.15, -0.1) is 0 Å². The van der Waals surface area contributed by atoms with Crippen molar-refractivity contribution in [3.8, 4) is 0 Å². The molecule has 0 aromatic rings. The molecular formula is C40H65N3O6. The Bertz CT molecular complexity index is 1330. The second-order valence-electron chi connectivity index (χ2n) is 18.4. The van der Waals surface area contributed by atoms with Gasteiger partial charge in [0.25, 0.3) is 0 Å². The van der Waals surface area contributed by atoms with E-state index in [1.807, 2.05) is 4.90 Å². The first-order valence-corrected chi connectivity index (χ1v) is 19.2. The Hall–Kier alpha value is -2.26. The van der Waals surface area contributed by atoms with Crippen molar-refractivity contribution < 1.29 is 29.0 Å². The lowest BCUT2D eigenvalue weighted by molar-refractivity contribution is -0.213.